The van der Waals surface area contributed by atoms with Crippen LogP contribution < -0.4 is 15.4 Å². The van der Waals surface area contributed by atoms with E-state index in [1.54, 1.807) is 0 Å². The summed E-state index contributed by atoms with van der Waals surface area (Å²) in [6.45, 7) is 2.77. The van der Waals surface area contributed by atoms with Gasteiger partial charge in [0.05, 0.1) is 5.69 Å². The molecule has 0 amide bonds. The van der Waals surface area contributed by atoms with Crippen molar-refractivity contribution in [2.45, 2.75) is 25.3 Å². The van der Waals surface area contributed by atoms with Crippen molar-refractivity contribution in [1.29, 1.82) is 0 Å². The van der Waals surface area contributed by atoms with Crippen LogP contribution in [-0.4, -0.2) is 25.7 Å². The molecule has 3 rings (SSSR count). The average molecular weight is 218 g/mol. The highest BCUT2D eigenvalue weighted by atomic mass is 16.5. The van der Waals surface area contributed by atoms with Crippen LogP contribution in [0.3, 0.4) is 0 Å². The number of fused-ring (bicyclic) bond motifs is 1. The summed E-state index contributed by atoms with van der Waals surface area (Å²) in [5.41, 5.74) is 2.53. The lowest BCUT2D eigenvalue weighted by atomic mass is 10.1. The Hall–Kier alpha value is -1.22. The highest BCUT2D eigenvalue weighted by Crippen LogP contribution is 2.28. The number of rotatable bonds is 4. The van der Waals surface area contributed by atoms with Crippen molar-refractivity contribution in [3.05, 3.63) is 23.8 Å². The van der Waals surface area contributed by atoms with E-state index in [2.05, 4.69) is 28.8 Å². The SMILES string of the molecule is c1cc2c(cc1CCNC1CC1)NCCO2. The number of hydrogen-bond donors (Lipinski definition) is 2. The van der Waals surface area contributed by atoms with E-state index in [-0.39, 0.29) is 0 Å². The summed E-state index contributed by atoms with van der Waals surface area (Å²) in [4.78, 5) is 0. The van der Waals surface area contributed by atoms with Crippen LogP contribution in [0.4, 0.5) is 5.69 Å². The summed E-state index contributed by atoms with van der Waals surface area (Å²) >= 11 is 0. The molecule has 0 atom stereocenters. The van der Waals surface area contributed by atoms with Gasteiger partial charge in [-0.2, -0.15) is 0 Å². The van der Waals surface area contributed by atoms with E-state index in [4.69, 9.17) is 4.74 Å². The molecular weight excluding hydrogens is 200 g/mol. The molecule has 0 spiro atoms. The highest BCUT2D eigenvalue weighted by Gasteiger charge is 2.19. The summed E-state index contributed by atoms with van der Waals surface area (Å²) in [6.07, 6.45) is 3.82. The van der Waals surface area contributed by atoms with Gasteiger partial charge >= 0.3 is 0 Å². The third kappa shape index (κ3) is 2.30. The molecule has 1 aromatic carbocycles. The van der Waals surface area contributed by atoms with Crippen molar-refractivity contribution in [3.8, 4) is 5.75 Å². The first-order valence-electron chi connectivity index (χ1n) is 6.15. The number of nitrogens with one attached hydrogen (secondary N) is 2. The standard InChI is InChI=1S/C13H18N2O/c1-4-13-12(15-7-8-16-13)9-10(1)5-6-14-11-2-3-11/h1,4,9,11,14-15H,2-3,5-8H2. The minimum absolute atomic E-state index is 0.773. The van der Waals surface area contributed by atoms with Crippen LogP contribution in [0, 0.1) is 0 Å². The van der Waals surface area contributed by atoms with Crippen molar-refractivity contribution in [2.75, 3.05) is 25.0 Å². The third-order valence-electron chi connectivity index (χ3n) is 3.14. The van der Waals surface area contributed by atoms with Gasteiger partial charge in [-0.05, 0) is 43.5 Å². The Morgan fingerprint density at radius 3 is 3.19 bits per heavy atom. The topological polar surface area (TPSA) is 33.3 Å². The van der Waals surface area contributed by atoms with Crippen LogP contribution in [0.1, 0.15) is 18.4 Å². The molecule has 0 unspecified atom stereocenters. The van der Waals surface area contributed by atoms with Crippen LogP contribution >= 0.6 is 0 Å². The van der Waals surface area contributed by atoms with Crippen molar-refractivity contribution in [2.24, 2.45) is 0 Å². The van der Waals surface area contributed by atoms with Gasteiger partial charge in [-0.3, -0.25) is 0 Å². The largest absolute Gasteiger partial charge is 0.490 e. The Morgan fingerprint density at radius 1 is 1.38 bits per heavy atom. The molecule has 0 bridgehead atoms. The van der Waals surface area contributed by atoms with Crippen molar-refractivity contribution < 1.29 is 4.74 Å². The number of ether oxygens (including phenoxy) is 1. The molecule has 1 aliphatic heterocycles. The van der Waals surface area contributed by atoms with Crippen molar-refractivity contribution in [3.63, 3.8) is 0 Å². The second-order valence-corrected chi connectivity index (χ2v) is 4.58. The maximum Gasteiger partial charge on any atom is 0.142 e. The molecule has 1 heterocycles. The molecule has 0 aromatic heterocycles. The van der Waals surface area contributed by atoms with Crippen LogP contribution in [0.15, 0.2) is 18.2 Å². The van der Waals surface area contributed by atoms with Crippen LogP contribution in [-0.2, 0) is 6.42 Å². The molecule has 16 heavy (non-hydrogen) atoms. The molecule has 0 radical (unpaired) electrons. The van der Waals surface area contributed by atoms with Gasteiger partial charge in [0.2, 0.25) is 0 Å². The fraction of sp³-hybridized carbons (Fsp3) is 0.538. The van der Waals surface area contributed by atoms with E-state index in [9.17, 15) is 0 Å². The zero-order chi connectivity index (χ0) is 10.8. The summed E-state index contributed by atoms with van der Waals surface area (Å²) < 4.78 is 5.55. The van der Waals surface area contributed by atoms with Gasteiger partial charge in [0.15, 0.2) is 0 Å². The van der Waals surface area contributed by atoms with Gasteiger partial charge in [0, 0.05) is 12.6 Å². The summed E-state index contributed by atoms with van der Waals surface area (Å²) in [5.74, 6) is 0.991. The van der Waals surface area contributed by atoms with Crippen molar-refractivity contribution >= 4 is 5.69 Å². The van der Waals surface area contributed by atoms with Gasteiger partial charge < -0.3 is 15.4 Å². The van der Waals surface area contributed by atoms with E-state index in [0.717, 1.165) is 43.6 Å². The zero-order valence-electron chi connectivity index (χ0n) is 9.46. The Balaban J connectivity index is 1.60. The normalized spacial score (nSPS) is 18.5. The predicted molar refractivity (Wildman–Crippen MR) is 65.2 cm³/mol. The lowest BCUT2D eigenvalue weighted by Crippen LogP contribution is -2.20. The smallest absolute Gasteiger partial charge is 0.142 e. The minimum atomic E-state index is 0.773. The van der Waals surface area contributed by atoms with E-state index in [0.29, 0.717) is 0 Å². The Kier molecular flexibility index (Phi) is 2.70. The number of benzene rings is 1. The third-order valence-corrected chi connectivity index (χ3v) is 3.14. The minimum Gasteiger partial charge on any atom is -0.490 e. The lowest BCUT2D eigenvalue weighted by Gasteiger charge is -2.19. The number of anilines is 1. The molecule has 1 fully saturated rings. The van der Waals surface area contributed by atoms with E-state index in [1.165, 1.54) is 18.4 Å². The Labute approximate surface area is 96.2 Å². The maximum absolute atomic E-state index is 5.55. The van der Waals surface area contributed by atoms with Crippen LogP contribution in [0.25, 0.3) is 0 Å². The highest BCUT2D eigenvalue weighted by molar-refractivity contribution is 5.59. The van der Waals surface area contributed by atoms with Crippen LogP contribution in [0.5, 0.6) is 5.75 Å². The average Bonchev–Trinajstić information content (AvgIpc) is 3.13. The first kappa shape index (κ1) is 9.97. The van der Waals surface area contributed by atoms with Gasteiger partial charge in [-0.15, -0.1) is 0 Å². The first-order valence-corrected chi connectivity index (χ1v) is 6.15. The Morgan fingerprint density at radius 2 is 2.31 bits per heavy atom. The molecular formula is C13H18N2O. The fourth-order valence-electron chi connectivity index (χ4n) is 2.05. The van der Waals surface area contributed by atoms with E-state index >= 15 is 0 Å². The summed E-state index contributed by atoms with van der Waals surface area (Å²) in [7, 11) is 0. The van der Waals surface area contributed by atoms with Gasteiger partial charge in [-0.1, -0.05) is 6.07 Å². The molecule has 86 valence electrons. The van der Waals surface area contributed by atoms with Gasteiger partial charge in [0.1, 0.15) is 12.4 Å². The van der Waals surface area contributed by atoms with Crippen LogP contribution in [0.2, 0.25) is 0 Å². The summed E-state index contributed by atoms with van der Waals surface area (Å²) in [6, 6.07) is 7.26. The van der Waals surface area contributed by atoms with Gasteiger partial charge in [0.25, 0.3) is 0 Å². The fourth-order valence-corrected chi connectivity index (χ4v) is 2.05. The number of hydrogen-bond acceptors (Lipinski definition) is 3. The molecule has 3 nitrogen and oxygen atoms in total. The quantitative estimate of drug-likeness (QED) is 0.808. The molecule has 3 heteroatoms. The molecule has 1 saturated carbocycles. The second kappa shape index (κ2) is 4.34. The Bertz CT molecular complexity index is 374. The second-order valence-electron chi connectivity index (χ2n) is 4.58. The molecule has 1 aliphatic carbocycles. The van der Waals surface area contributed by atoms with E-state index < -0.39 is 0 Å². The predicted octanol–water partition coefficient (Wildman–Crippen LogP) is 1.79. The first-order chi connectivity index (χ1) is 7.92. The molecule has 2 aliphatic rings. The van der Waals surface area contributed by atoms with Crippen molar-refractivity contribution in [1.82, 2.24) is 5.32 Å². The summed E-state index contributed by atoms with van der Waals surface area (Å²) in [5, 5.41) is 6.90. The lowest BCUT2D eigenvalue weighted by molar-refractivity contribution is 0.323. The maximum atomic E-state index is 5.55. The van der Waals surface area contributed by atoms with Gasteiger partial charge in [-0.25, -0.2) is 0 Å². The van der Waals surface area contributed by atoms with E-state index in [1.807, 2.05) is 0 Å². The molecule has 0 saturated heterocycles. The monoisotopic (exact) mass is 218 g/mol. The molecule has 1 aromatic rings. The zero-order valence-corrected chi connectivity index (χ0v) is 9.46. The molecule has 2 N–H and O–H groups in total.